The van der Waals surface area contributed by atoms with Crippen molar-refractivity contribution in [3.8, 4) is 22.6 Å². The van der Waals surface area contributed by atoms with Crippen LogP contribution in [0, 0.1) is 23.3 Å². The van der Waals surface area contributed by atoms with Crippen molar-refractivity contribution in [2.75, 3.05) is 13.7 Å². The third-order valence-electron chi connectivity index (χ3n) is 4.32. The second-order valence-electron chi connectivity index (χ2n) is 6.11. The summed E-state index contributed by atoms with van der Waals surface area (Å²) in [4.78, 5) is 0. The Labute approximate surface area is 166 Å². The van der Waals surface area contributed by atoms with Crippen LogP contribution < -0.4 is 9.47 Å². The molecule has 3 aromatic carbocycles. The van der Waals surface area contributed by atoms with Gasteiger partial charge in [0.1, 0.15) is 0 Å². The van der Waals surface area contributed by atoms with Crippen molar-refractivity contribution in [3.05, 3.63) is 82.9 Å². The summed E-state index contributed by atoms with van der Waals surface area (Å²) < 4.78 is 65.9. The normalized spacial score (nSPS) is 11.1. The number of rotatable bonds is 6. The van der Waals surface area contributed by atoms with Gasteiger partial charge in [-0.2, -0.15) is 8.78 Å². The molecule has 150 valence electrons. The van der Waals surface area contributed by atoms with E-state index in [0.29, 0.717) is 11.1 Å². The van der Waals surface area contributed by atoms with Crippen molar-refractivity contribution in [3.63, 3.8) is 0 Å². The zero-order chi connectivity index (χ0) is 21.0. The zero-order valence-electron chi connectivity index (χ0n) is 15.8. The number of hydrogen-bond acceptors (Lipinski definition) is 2. The Kier molecular flexibility index (Phi) is 6.22. The van der Waals surface area contributed by atoms with Crippen LogP contribution in [-0.2, 0) is 0 Å². The number of benzene rings is 3. The van der Waals surface area contributed by atoms with Crippen LogP contribution in [0.3, 0.4) is 0 Å². The Bertz CT molecular complexity index is 1040. The maximum atomic E-state index is 14.3. The molecule has 0 fully saturated rings. The van der Waals surface area contributed by atoms with Crippen LogP contribution in [-0.4, -0.2) is 13.7 Å². The van der Waals surface area contributed by atoms with E-state index in [1.807, 2.05) is 0 Å². The molecule has 0 aliphatic rings. The van der Waals surface area contributed by atoms with E-state index in [0.717, 1.165) is 0 Å². The summed E-state index contributed by atoms with van der Waals surface area (Å²) >= 11 is 0. The molecule has 0 aliphatic heterocycles. The first-order valence-corrected chi connectivity index (χ1v) is 8.87. The second-order valence-corrected chi connectivity index (χ2v) is 6.11. The molecule has 0 saturated heterocycles. The van der Waals surface area contributed by atoms with Gasteiger partial charge in [-0.05, 0) is 42.3 Å². The number of methoxy groups -OCH3 is 1. The molecule has 0 radical (unpaired) electrons. The van der Waals surface area contributed by atoms with Gasteiger partial charge in [0.15, 0.2) is 23.1 Å². The molecule has 29 heavy (non-hydrogen) atoms. The fourth-order valence-corrected chi connectivity index (χ4v) is 2.81. The molecule has 0 saturated carbocycles. The first-order chi connectivity index (χ1) is 14.0. The van der Waals surface area contributed by atoms with Gasteiger partial charge in [0.05, 0.1) is 13.7 Å². The minimum absolute atomic E-state index is 0.0620. The summed E-state index contributed by atoms with van der Waals surface area (Å²) in [5.74, 6) is -4.40. The molecule has 3 aromatic rings. The molecular formula is C23H18F4O2. The van der Waals surface area contributed by atoms with Gasteiger partial charge in [-0.3, -0.25) is 0 Å². The summed E-state index contributed by atoms with van der Waals surface area (Å²) in [6, 6.07) is 12.1. The first kappa shape index (κ1) is 20.5. The van der Waals surface area contributed by atoms with Gasteiger partial charge in [0.25, 0.3) is 0 Å². The molecule has 0 aromatic heterocycles. The lowest BCUT2D eigenvalue weighted by atomic mass is 10.0. The minimum atomic E-state index is -1.06. The van der Waals surface area contributed by atoms with Gasteiger partial charge in [0, 0.05) is 11.1 Å². The topological polar surface area (TPSA) is 18.5 Å². The predicted octanol–water partition coefficient (Wildman–Crippen LogP) is 6.49. The molecule has 2 nitrogen and oxygen atoms in total. The Morgan fingerprint density at radius 2 is 1.38 bits per heavy atom. The van der Waals surface area contributed by atoms with E-state index < -0.39 is 23.3 Å². The molecule has 0 aliphatic carbocycles. The van der Waals surface area contributed by atoms with E-state index in [4.69, 9.17) is 9.47 Å². The second kappa shape index (κ2) is 8.82. The lowest BCUT2D eigenvalue weighted by molar-refractivity contribution is 0.314. The largest absolute Gasteiger partial charge is 0.494 e. The van der Waals surface area contributed by atoms with E-state index in [9.17, 15) is 17.6 Å². The Hall–Kier alpha value is -3.28. The predicted molar refractivity (Wildman–Crippen MR) is 105 cm³/mol. The molecule has 0 amide bonds. The van der Waals surface area contributed by atoms with E-state index >= 15 is 0 Å². The average Bonchev–Trinajstić information content (AvgIpc) is 2.73. The van der Waals surface area contributed by atoms with Crippen LogP contribution in [0.25, 0.3) is 23.3 Å². The monoisotopic (exact) mass is 402 g/mol. The van der Waals surface area contributed by atoms with Crippen molar-refractivity contribution in [2.45, 2.75) is 6.92 Å². The van der Waals surface area contributed by atoms with Crippen molar-refractivity contribution >= 4 is 12.2 Å². The Morgan fingerprint density at radius 3 is 2.03 bits per heavy atom. The summed E-state index contributed by atoms with van der Waals surface area (Å²) in [7, 11) is 1.26. The molecule has 0 spiro atoms. The van der Waals surface area contributed by atoms with Crippen LogP contribution >= 0.6 is 0 Å². The number of hydrogen-bond donors (Lipinski definition) is 0. The third-order valence-corrected chi connectivity index (χ3v) is 4.32. The number of ether oxygens (including phenoxy) is 2. The first-order valence-electron chi connectivity index (χ1n) is 8.87. The van der Waals surface area contributed by atoms with Crippen molar-refractivity contribution in [1.82, 2.24) is 0 Å². The van der Waals surface area contributed by atoms with Crippen LogP contribution in [0.2, 0.25) is 0 Å². The van der Waals surface area contributed by atoms with Crippen LogP contribution in [0.4, 0.5) is 17.6 Å². The van der Waals surface area contributed by atoms with Gasteiger partial charge in [-0.25, -0.2) is 8.78 Å². The SMILES string of the molecule is CCOc1ccc(-c2ccc(/C=C/c3ccc(OC)c(F)c3F)cc2)c(F)c1F. The van der Waals surface area contributed by atoms with Crippen molar-refractivity contribution in [1.29, 1.82) is 0 Å². The highest BCUT2D eigenvalue weighted by molar-refractivity contribution is 5.73. The van der Waals surface area contributed by atoms with Gasteiger partial charge in [-0.15, -0.1) is 0 Å². The summed E-state index contributed by atoms with van der Waals surface area (Å²) in [5, 5.41) is 0. The van der Waals surface area contributed by atoms with Gasteiger partial charge >= 0.3 is 0 Å². The smallest absolute Gasteiger partial charge is 0.201 e. The summed E-state index contributed by atoms with van der Waals surface area (Å²) in [5.41, 5.74) is 1.32. The molecule has 3 rings (SSSR count). The third kappa shape index (κ3) is 4.26. The fraction of sp³-hybridized carbons (Fsp3) is 0.130. The van der Waals surface area contributed by atoms with Crippen molar-refractivity contribution < 1.29 is 27.0 Å². The average molecular weight is 402 g/mol. The van der Waals surface area contributed by atoms with Gasteiger partial charge in [-0.1, -0.05) is 36.4 Å². The summed E-state index contributed by atoms with van der Waals surface area (Å²) in [6.45, 7) is 1.92. The molecule has 6 heteroatoms. The standard InChI is InChI=1S/C23H18F4O2/c1-3-29-19-13-11-17(21(25)23(19)27)15-7-4-14(5-8-15)6-9-16-10-12-18(28-2)22(26)20(16)24/h4-13H,3H2,1-2H3/b9-6+. The maximum absolute atomic E-state index is 14.3. The molecule has 0 bridgehead atoms. The van der Waals surface area contributed by atoms with E-state index in [1.54, 1.807) is 37.3 Å². The molecule has 0 N–H and O–H groups in total. The summed E-state index contributed by atoms with van der Waals surface area (Å²) in [6.07, 6.45) is 3.01. The van der Waals surface area contributed by atoms with Crippen LogP contribution in [0.1, 0.15) is 18.1 Å². The van der Waals surface area contributed by atoms with Crippen LogP contribution in [0.5, 0.6) is 11.5 Å². The highest BCUT2D eigenvalue weighted by Gasteiger charge is 2.15. The molecule has 0 heterocycles. The highest BCUT2D eigenvalue weighted by Crippen LogP contribution is 2.30. The number of halogens is 4. The quantitative estimate of drug-likeness (QED) is 0.347. The van der Waals surface area contributed by atoms with E-state index in [1.165, 1.54) is 37.5 Å². The van der Waals surface area contributed by atoms with Gasteiger partial charge < -0.3 is 9.47 Å². The molecule has 0 unspecified atom stereocenters. The zero-order valence-corrected chi connectivity index (χ0v) is 15.8. The fourth-order valence-electron chi connectivity index (χ4n) is 2.81. The lowest BCUT2D eigenvalue weighted by Gasteiger charge is -2.09. The maximum Gasteiger partial charge on any atom is 0.201 e. The van der Waals surface area contributed by atoms with E-state index in [2.05, 4.69) is 0 Å². The minimum Gasteiger partial charge on any atom is -0.494 e. The Morgan fingerprint density at radius 1 is 0.724 bits per heavy atom. The Balaban J connectivity index is 1.84. The van der Waals surface area contributed by atoms with Gasteiger partial charge in [0.2, 0.25) is 11.6 Å². The molecular weight excluding hydrogens is 384 g/mol. The highest BCUT2D eigenvalue weighted by atomic mass is 19.2. The van der Waals surface area contributed by atoms with Crippen LogP contribution in [0.15, 0.2) is 48.5 Å². The van der Waals surface area contributed by atoms with Crippen molar-refractivity contribution in [2.24, 2.45) is 0 Å². The van der Waals surface area contributed by atoms with E-state index in [-0.39, 0.29) is 29.2 Å². The molecule has 0 atom stereocenters. The lowest BCUT2D eigenvalue weighted by Crippen LogP contribution is -1.98.